The number of unbranched alkanes of at least 4 members (excludes halogenated alkanes) is 3. The average Bonchev–Trinajstić information content (AvgIpc) is 2.59. The summed E-state index contributed by atoms with van der Waals surface area (Å²) >= 11 is 0. The second-order valence-electron chi connectivity index (χ2n) is 6.45. The van der Waals surface area contributed by atoms with Crippen molar-refractivity contribution < 1.29 is 21.4 Å². The van der Waals surface area contributed by atoms with E-state index in [0.717, 1.165) is 25.9 Å². The third kappa shape index (κ3) is 9.94. The highest BCUT2D eigenvalue weighted by Crippen LogP contribution is 2.25. The number of anilines is 2. The van der Waals surface area contributed by atoms with Crippen molar-refractivity contribution in [2.45, 2.75) is 43.9 Å². The molecule has 0 fully saturated rings. The van der Waals surface area contributed by atoms with E-state index in [9.17, 15) is 16.8 Å². The van der Waals surface area contributed by atoms with Gasteiger partial charge in [-0.25, -0.2) is 8.42 Å². The van der Waals surface area contributed by atoms with E-state index >= 15 is 0 Å². The van der Waals surface area contributed by atoms with E-state index in [1.165, 1.54) is 25.3 Å². The van der Waals surface area contributed by atoms with Crippen molar-refractivity contribution in [2.75, 3.05) is 42.2 Å². The lowest BCUT2D eigenvalue weighted by molar-refractivity contribution is 0.484. The van der Waals surface area contributed by atoms with Crippen LogP contribution < -0.4 is 16.4 Å². The summed E-state index contributed by atoms with van der Waals surface area (Å²) in [7, 11) is -8.27. The van der Waals surface area contributed by atoms with E-state index in [1.807, 2.05) is 0 Å². The summed E-state index contributed by atoms with van der Waals surface area (Å²) in [6.45, 7) is 4.52. The van der Waals surface area contributed by atoms with Gasteiger partial charge in [-0.3, -0.25) is 4.55 Å². The standard InChI is InChI=1S/C17H31N3O5S2/c1-2-3-4-5-9-19-10-6-11-20-16-8-7-15(18)14-17(16)26(21,22)12-13-27(23,24)25/h7-8,14,19-20H,2-6,9-13,18H2,1H3,(H,23,24,25). The number of nitrogen functional groups attached to an aromatic ring is 1. The first-order valence-corrected chi connectivity index (χ1v) is 12.4. The van der Waals surface area contributed by atoms with Crippen LogP contribution in [0.2, 0.25) is 0 Å². The lowest BCUT2D eigenvalue weighted by atomic mass is 10.2. The van der Waals surface area contributed by atoms with Crippen LogP contribution in [0.25, 0.3) is 0 Å². The molecule has 1 aromatic rings. The van der Waals surface area contributed by atoms with Crippen molar-refractivity contribution in [1.29, 1.82) is 0 Å². The van der Waals surface area contributed by atoms with E-state index in [2.05, 4.69) is 17.6 Å². The number of sulfone groups is 1. The van der Waals surface area contributed by atoms with Crippen molar-refractivity contribution in [3.05, 3.63) is 18.2 Å². The van der Waals surface area contributed by atoms with Gasteiger partial charge < -0.3 is 16.4 Å². The van der Waals surface area contributed by atoms with Gasteiger partial charge in [0.25, 0.3) is 10.1 Å². The Balaban J connectivity index is 2.56. The molecule has 0 radical (unpaired) electrons. The minimum absolute atomic E-state index is 0.0568. The molecule has 1 aromatic carbocycles. The van der Waals surface area contributed by atoms with Crippen LogP contribution in [0.3, 0.4) is 0 Å². The maximum Gasteiger partial charge on any atom is 0.265 e. The van der Waals surface area contributed by atoms with Crippen molar-refractivity contribution in [3.63, 3.8) is 0 Å². The van der Waals surface area contributed by atoms with Gasteiger partial charge in [0.2, 0.25) is 0 Å². The number of hydrogen-bond acceptors (Lipinski definition) is 7. The fraction of sp³-hybridized carbons (Fsp3) is 0.647. The van der Waals surface area contributed by atoms with Gasteiger partial charge in [-0.2, -0.15) is 8.42 Å². The summed E-state index contributed by atoms with van der Waals surface area (Å²) in [6, 6.07) is 4.44. The molecule has 0 aliphatic heterocycles. The van der Waals surface area contributed by atoms with Gasteiger partial charge in [-0.05, 0) is 44.1 Å². The third-order valence-electron chi connectivity index (χ3n) is 4.00. The van der Waals surface area contributed by atoms with Crippen LogP contribution in [0.15, 0.2) is 23.1 Å². The molecule has 1 rings (SSSR count). The van der Waals surface area contributed by atoms with E-state index in [0.29, 0.717) is 12.2 Å². The second kappa shape index (κ2) is 11.5. The summed E-state index contributed by atoms with van der Waals surface area (Å²) in [5, 5.41) is 6.42. The molecule has 0 unspecified atom stereocenters. The summed E-state index contributed by atoms with van der Waals surface area (Å²) < 4.78 is 55.4. The lowest BCUT2D eigenvalue weighted by Crippen LogP contribution is -2.20. The summed E-state index contributed by atoms with van der Waals surface area (Å²) in [6.07, 6.45) is 5.63. The molecule has 156 valence electrons. The monoisotopic (exact) mass is 421 g/mol. The van der Waals surface area contributed by atoms with Gasteiger partial charge in [0.05, 0.1) is 22.1 Å². The van der Waals surface area contributed by atoms with Gasteiger partial charge in [0.1, 0.15) is 0 Å². The van der Waals surface area contributed by atoms with Gasteiger partial charge in [0, 0.05) is 12.2 Å². The Labute approximate surface area is 162 Å². The molecule has 0 bridgehead atoms. The van der Waals surface area contributed by atoms with Gasteiger partial charge in [-0.15, -0.1) is 0 Å². The largest absolute Gasteiger partial charge is 0.399 e. The van der Waals surface area contributed by atoms with E-state index < -0.39 is 31.5 Å². The topological polar surface area (TPSA) is 139 Å². The number of nitrogens with one attached hydrogen (secondary N) is 2. The zero-order chi connectivity index (χ0) is 20.3. The molecule has 10 heteroatoms. The van der Waals surface area contributed by atoms with Crippen LogP contribution in [0.1, 0.15) is 39.0 Å². The van der Waals surface area contributed by atoms with Crippen LogP contribution >= 0.6 is 0 Å². The highest BCUT2D eigenvalue weighted by molar-refractivity contribution is 7.93. The minimum Gasteiger partial charge on any atom is -0.399 e. The maximum atomic E-state index is 12.4. The van der Waals surface area contributed by atoms with Crippen LogP contribution in [-0.2, 0) is 20.0 Å². The molecule has 0 aromatic heterocycles. The average molecular weight is 422 g/mol. The fourth-order valence-corrected chi connectivity index (χ4v) is 5.24. The maximum absolute atomic E-state index is 12.4. The van der Waals surface area contributed by atoms with Crippen molar-refractivity contribution in [3.8, 4) is 0 Å². The van der Waals surface area contributed by atoms with Gasteiger partial charge in [-0.1, -0.05) is 26.2 Å². The Morgan fingerprint density at radius 2 is 1.67 bits per heavy atom. The van der Waals surface area contributed by atoms with E-state index in [1.54, 1.807) is 12.1 Å². The summed E-state index contributed by atoms with van der Waals surface area (Å²) in [5.41, 5.74) is 6.32. The molecular formula is C17H31N3O5S2. The molecular weight excluding hydrogens is 390 g/mol. The predicted octanol–water partition coefficient (Wildman–Crippen LogP) is 1.90. The highest BCUT2D eigenvalue weighted by Gasteiger charge is 2.22. The second-order valence-corrected chi connectivity index (χ2v) is 10.1. The molecule has 5 N–H and O–H groups in total. The molecule has 0 atom stereocenters. The third-order valence-corrected chi connectivity index (χ3v) is 6.73. The molecule has 0 saturated heterocycles. The van der Waals surface area contributed by atoms with Crippen LogP contribution in [0.5, 0.6) is 0 Å². The number of hydrogen-bond donors (Lipinski definition) is 4. The normalized spacial score (nSPS) is 12.2. The first-order valence-electron chi connectivity index (χ1n) is 9.18. The number of benzene rings is 1. The van der Waals surface area contributed by atoms with Crippen LogP contribution in [-0.4, -0.2) is 52.5 Å². The van der Waals surface area contributed by atoms with Crippen LogP contribution in [0.4, 0.5) is 11.4 Å². The van der Waals surface area contributed by atoms with E-state index in [4.69, 9.17) is 10.3 Å². The Kier molecular flexibility index (Phi) is 10.1. The Morgan fingerprint density at radius 3 is 2.33 bits per heavy atom. The quantitative estimate of drug-likeness (QED) is 0.203. The molecule has 0 saturated carbocycles. The highest BCUT2D eigenvalue weighted by atomic mass is 32.2. The first-order chi connectivity index (χ1) is 12.7. The van der Waals surface area contributed by atoms with Gasteiger partial charge >= 0.3 is 0 Å². The molecule has 0 aliphatic carbocycles. The molecule has 0 heterocycles. The summed E-state index contributed by atoms with van der Waals surface area (Å²) in [5.74, 6) is -1.56. The van der Waals surface area contributed by atoms with Gasteiger partial charge in [0.15, 0.2) is 9.84 Å². The number of rotatable bonds is 14. The van der Waals surface area contributed by atoms with Crippen LogP contribution in [0, 0.1) is 0 Å². The molecule has 0 spiro atoms. The fourth-order valence-electron chi connectivity index (χ4n) is 2.51. The molecule has 27 heavy (non-hydrogen) atoms. The van der Waals surface area contributed by atoms with Crippen molar-refractivity contribution >= 4 is 31.3 Å². The minimum atomic E-state index is -4.36. The smallest absolute Gasteiger partial charge is 0.265 e. The SMILES string of the molecule is CCCCCCNCCCNc1ccc(N)cc1S(=O)(=O)CCS(=O)(=O)O. The van der Waals surface area contributed by atoms with Crippen molar-refractivity contribution in [2.24, 2.45) is 0 Å². The molecule has 8 nitrogen and oxygen atoms in total. The van der Waals surface area contributed by atoms with Crippen molar-refractivity contribution in [1.82, 2.24) is 5.32 Å². The molecule has 0 aliphatic rings. The van der Waals surface area contributed by atoms with E-state index in [-0.39, 0.29) is 10.6 Å². The zero-order valence-electron chi connectivity index (χ0n) is 15.8. The molecule has 0 amide bonds. The first kappa shape index (κ1) is 23.7. The number of nitrogens with two attached hydrogens (primary N) is 1. The summed E-state index contributed by atoms with van der Waals surface area (Å²) in [4.78, 5) is -0.0568. The Hall–Kier alpha value is -1.36. The Morgan fingerprint density at radius 1 is 0.963 bits per heavy atom. The predicted molar refractivity (Wildman–Crippen MR) is 109 cm³/mol. The zero-order valence-corrected chi connectivity index (χ0v) is 17.4. The lowest BCUT2D eigenvalue weighted by Gasteiger charge is -2.13. The Bertz CT molecular complexity index is 780.